The molecule has 2 rings (SSSR count). The van der Waals surface area contributed by atoms with Crippen LogP contribution >= 0.6 is 11.6 Å². The van der Waals surface area contributed by atoms with Crippen molar-refractivity contribution in [3.63, 3.8) is 0 Å². The summed E-state index contributed by atoms with van der Waals surface area (Å²) in [6, 6.07) is 15.6. The van der Waals surface area contributed by atoms with Gasteiger partial charge in [0.1, 0.15) is 0 Å². The Kier molecular flexibility index (Phi) is 5.37. The molecule has 0 aliphatic heterocycles. The van der Waals surface area contributed by atoms with Gasteiger partial charge in [0.25, 0.3) is 0 Å². The molecule has 2 N–H and O–H groups in total. The predicted octanol–water partition coefficient (Wildman–Crippen LogP) is 3.94. The zero-order chi connectivity index (χ0) is 15.2. The summed E-state index contributed by atoms with van der Waals surface area (Å²) < 4.78 is 0. The number of anilines is 1. The SMILES string of the molecule is Cc1c(Cl)cccc1NC(=O)CNC(C)c1ccccc1. The van der Waals surface area contributed by atoms with Crippen molar-refractivity contribution in [2.45, 2.75) is 19.9 Å². The molecule has 1 atom stereocenters. The van der Waals surface area contributed by atoms with E-state index in [1.165, 1.54) is 0 Å². The number of benzene rings is 2. The molecule has 3 nitrogen and oxygen atoms in total. The highest BCUT2D eigenvalue weighted by Gasteiger charge is 2.09. The van der Waals surface area contributed by atoms with E-state index in [4.69, 9.17) is 11.6 Å². The zero-order valence-corrected chi connectivity index (χ0v) is 12.9. The Morgan fingerprint density at radius 2 is 1.86 bits per heavy atom. The maximum absolute atomic E-state index is 12.0. The van der Waals surface area contributed by atoms with Crippen molar-refractivity contribution >= 4 is 23.2 Å². The molecule has 0 fully saturated rings. The molecule has 2 aromatic rings. The third-order valence-corrected chi connectivity index (χ3v) is 3.82. The number of carbonyl (C=O) groups is 1. The number of halogens is 1. The topological polar surface area (TPSA) is 41.1 Å². The lowest BCUT2D eigenvalue weighted by atomic mass is 10.1. The Labute approximate surface area is 130 Å². The Balaban J connectivity index is 1.89. The van der Waals surface area contributed by atoms with Gasteiger partial charge < -0.3 is 10.6 Å². The maximum atomic E-state index is 12.0. The number of rotatable bonds is 5. The van der Waals surface area contributed by atoms with E-state index < -0.39 is 0 Å². The highest BCUT2D eigenvalue weighted by molar-refractivity contribution is 6.31. The minimum atomic E-state index is -0.0804. The fourth-order valence-corrected chi connectivity index (χ4v) is 2.22. The normalized spacial score (nSPS) is 12.0. The zero-order valence-electron chi connectivity index (χ0n) is 12.2. The van der Waals surface area contributed by atoms with Crippen molar-refractivity contribution in [2.75, 3.05) is 11.9 Å². The second-order valence-electron chi connectivity index (χ2n) is 4.97. The van der Waals surface area contributed by atoms with Gasteiger partial charge in [-0.1, -0.05) is 48.0 Å². The first kappa shape index (κ1) is 15.5. The molecule has 0 spiro atoms. The van der Waals surface area contributed by atoms with Gasteiger partial charge in [-0.15, -0.1) is 0 Å². The van der Waals surface area contributed by atoms with Crippen LogP contribution in [0.3, 0.4) is 0 Å². The van der Waals surface area contributed by atoms with Gasteiger partial charge in [-0.3, -0.25) is 4.79 Å². The van der Waals surface area contributed by atoms with Gasteiger partial charge in [0.05, 0.1) is 6.54 Å². The van der Waals surface area contributed by atoms with Crippen LogP contribution in [0, 0.1) is 6.92 Å². The van der Waals surface area contributed by atoms with E-state index in [0.717, 1.165) is 16.8 Å². The molecule has 0 saturated carbocycles. The third-order valence-electron chi connectivity index (χ3n) is 3.41. The number of hydrogen-bond acceptors (Lipinski definition) is 2. The fourth-order valence-electron chi connectivity index (χ4n) is 2.04. The number of nitrogens with one attached hydrogen (secondary N) is 2. The molecule has 0 radical (unpaired) electrons. The van der Waals surface area contributed by atoms with Crippen molar-refractivity contribution in [3.05, 3.63) is 64.7 Å². The summed E-state index contributed by atoms with van der Waals surface area (Å²) in [6.07, 6.45) is 0. The van der Waals surface area contributed by atoms with E-state index in [9.17, 15) is 4.79 Å². The maximum Gasteiger partial charge on any atom is 0.238 e. The summed E-state index contributed by atoms with van der Waals surface area (Å²) in [5, 5.41) is 6.73. The molecule has 1 amide bonds. The fraction of sp³-hybridized carbons (Fsp3) is 0.235. The first-order valence-electron chi connectivity index (χ1n) is 6.91. The first-order valence-corrected chi connectivity index (χ1v) is 7.29. The molecule has 0 aromatic heterocycles. The van der Waals surface area contributed by atoms with Gasteiger partial charge in [-0.05, 0) is 37.1 Å². The summed E-state index contributed by atoms with van der Waals surface area (Å²) in [5.41, 5.74) is 2.79. The molecule has 110 valence electrons. The standard InChI is InChI=1S/C17H19ClN2O/c1-12-15(18)9-6-10-16(12)20-17(21)11-19-13(2)14-7-4-3-5-8-14/h3-10,13,19H,11H2,1-2H3,(H,20,21). The molecule has 2 aromatic carbocycles. The van der Waals surface area contributed by atoms with Gasteiger partial charge in [-0.25, -0.2) is 0 Å². The minimum absolute atomic E-state index is 0.0804. The van der Waals surface area contributed by atoms with Crippen LogP contribution in [0.1, 0.15) is 24.1 Å². The number of hydrogen-bond donors (Lipinski definition) is 2. The largest absolute Gasteiger partial charge is 0.325 e. The van der Waals surface area contributed by atoms with Crippen LogP contribution in [0.5, 0.6) is 0 Å². The van der Waals surface area contributed by atoms with Gasteiger partial charge in [0.15, 0.2) is 0 Å². The van der Waals surface area contributed by atoms with E-state index in [-0.39, 0.29) is 18.5 Å². The van der Waals surface area contributed by atoms with Crippen LogP contribution in [0.4, 0.5) is 5.69 Å². The van der Waals surface area contributed by atoms with Crippen LogP contribution < -0.4 is 10.6 Å². The molecular formula is C17H19ClN2O. The average Bonchev–Trinajstić information content (AvgIpc) is 2.50. The summed E-state index contributed by atoms with van der Waals surface area (Å²) in [4.78, 5) is 12.0. The molecule has 1 unspecified atom stereocenters. The van der Waals surface area contributed by atoms with Crippen molar-refractivity contribution in [2.24, 2.45) is 0 Å². The van der Waals surface area contributed by atoms with Crippen molar-refractivity contribution in [3.8, 4) is 0 Å². The Morgan fingerprint density at radius 3 is 2.57 bits per heavy atom. The quantitative estimate of drug-likeness (QED) is 0.878. The third kappa shape index (κ3) is 4.31. The first-order chi connectivity index (χ1) is 10.1. The highest BCUT2D eigenvalue weighted by atomic mass is 35.5. The van der Waals surface area contributed by atoms with Crippen molar-refractivity contribution in [1.29, 1.82) is 0 Å². The van der Waals surface area contributed by atoms with E-state index in [1.54, 1.807) is 0 Å². The predicted molar refractivity (Wildman–Crippen MR) is 87.7 cm³/mol. The van der Waals surface area contributed by atoms with E-state index >= 15 is 0 Å². The van der Waals surface area contributed by atoms with E-state index in [1.807, 2.05) is 62.4 Å². The molecule has 0 aliphatic rings. The second kappa shape index (κ2) is 7.25. The van der Waals surface area contributed by atoms with Crippen molar-refractivity contribution in [1.82, 2.24) is 5.32 Å². The lowest BCUT2D eigenvalue weighted by Gasteiger charge is -2.15. The van der Waals surface area contributed by atoms with Crippen LogP contribution in [-0.4, -0.2) is 12.5 Å². The minimum Gasteiger partial charge on any atom is -0.325 e. The van der Waals surface area contributed by atoms with E-state index in [0.29, 0.717) is 5.02 Å². The monoisotopic (exact) mass is 302 g/mol. The second-order valence-corrected chi connectivity index (χ2v) is 5.38. The Hall–Kier alpha value is -1.84. The molecule has 0 saturated heterocycles. The van der Waals surface area contributed by atoms with Crippen LogP contribution in [-0.2, 0) is 4.79 Å². The Bertz CT molecular complexity index is 613. The smallest absolute Gasteiger partial charge is 0.238 e. The van der Waals surface area contributed by atoms with Crippen LogP contribution in [0.25, 0.3) is 0 Å². The summed E-state index contributed by atoms with van der Waals surface area (Å²) in [5.74, 6) is -0.0804. The van der Waals surface area contributed by atoms with Crippen LogP contribution in [0.2, 0.25) is 5.02 Å². The summed E-state index contributed by atoms with van der Waals surface area (Å²) >= 11 is 6.04. The Morgan fingerprint density at radius 1 is 1.14 bits per heavy atom. The number of amides is 1. The van der Waals surface area contributed by atoms with Gasteiger partial charge in [0, 0.05) is 16.8 Å². The molecule has 21 heavy (non-hydrogen) atoms. The molecule has 0 heterocycles. The van der Waals surface area contributed by atoms with Gasteiger partial charge in [0.2, 0.25) is 5.91 Å². The van der Waals surface area contributed by atoms with Crippen molar-refractivity contribution < 1.29 is 4.79 Å². The number of carbonyl (C=O) groups excluding carboxylic acids is 1. The summed E-state index contributed by atoms with van der Waals surface area (Å²) in [7, 11) is 0. The molecule has 0 bridgehead atoms. The van der Waals surface area contributed by atoms with Gasteiger partial charge in [-0.2, -0.15) is 0 Å². The summed E-state index contributed by atoms with van der Waals surface area (Å²) in [6.45, 7) is 4.17. The highest BCUT2D eigenvalue weighted by Crippen LogP contribution is 2.22. The molecule has 0 aliphatic carbocycles. The lowest BCUT2D eigenvalue weighted by molar-refractivity contribution is -0.115. The lowest BCUT2D eigenvalue weighted by Crippen LogP contribution is -2.30. The molecular weight excluding hydrogens is 284 g/mol. The average molecular weight is 303 g/mol. The molecule has 4 heteroatoms. The van der Waals surface area contributed by atoms with Gasteiger partial charge >= 0.3 is 0 Å². The van der Waals surface area contributed by atoms with E-state index in [2.05, 4.69) is 10.6 Å². The van der Waals surface area contributed by atoms with Crippen LogP contribution in [0.15, 0.2) is 48.5 Å².